The number of nitrogens with one attached hydrogen (secondary N) is 1. The zero-order valence-electron chi connectivity index (χ0n) is 12.9. The molecule has 0 amide bonds. The fourth-order valence-corrected chi connectivity index (χ4v) is 2.03. The van der Waals surface area contributed by atoms with Gasteiger partial charge in [0.25, 0.3) is 0 Å². The van der Waals surface area contributed by atoms with Gasteiger partial charge in [-0.3, -0.25) is 4.98 Å². The summed E-state index contributed by atoms with van der Waals surface area (Å²) >= 11 is 0. The molecule has 0 saturated heterocycles. The van der Waals surface area contributed by atoms with E-state index in [2.05, 4.69) is 27.2 Å². The Balaban J connectivity index is 2.55. The molecular weight excluding hydrogens is 267 g/mol. The van der Waals surface area contributed by atoms with Crippen molar-refractivity contribution in [2.24, 2.45) is 0 Å². The Labute approximate surface area is 124 Å². The van der Waals surface area contributed by atoms with E-state index in [4.69, 9.17) is 0 Å². The van der Waals surface area contributed by atoms with E-state index in [-0.39, 0.29) is 11.7 Å². The Kier molecular flexibility index (Phi) is 4.83. The Bertz CT molecular complexity index is 626. The predicted octanol–water partition coefficient (Wildman–Crippen LogP) is 3.93. The summed E-state index contributed by atoms with van der Waals surface area (Å²) in [6.07, 6.45) is 3.84. The summed E-state index contributed by atoms with van der Waals surface area (Å²) in [4.78, 5) is 13.1. The molecule has 2 heterocycles. The zero-order chi connectivity index (χ0) is 15.4. The monoisotopic (exact) mass is 288 g/mol. The van der Waals surface area contributed by atoms with Crippen LogP contribution in [0.5, 0.6) is 0 Å². The Morgan fingerprint density at radius 2 is 2.00 bits per heavy atom. The number of nitrogens with zero attached hydrogens (tertiary/aromatic N) is 3. The number of anilines is 1. The molecule has 0 bridgehead atoms. The Morgan fingerprint density at radius 3 is 2.62 bits per heavy atom. The van der Waals surface area contributed by atoms with Crippen LogP contribution in [0.4, 0.5) is 10.2 Å². The molecule has 0 atom stereocenters. The molecule has 0 aliphatic heterocycles. The van der Waals surface area contributed by atoms with Crippen LogP contribution in [-0.4, -0.2) is 21.5 Å². The minimum atomic E-state index is -0.361. The predicted molar refractivity (Wildman–Crippen MR) is 82.8 cm³/mol. The summed E-state index contributed by atoms with van der Waals surface area (Å²) in [7, 11) is 0. The van der Waals surface area contributed by atoms with Crippen molar-refractivity contribution in [3.63, 3.8) is 0 Å². The summed E-state index contributed by atoms with van der Waals surface area (Å²) < 4.78 is 13.4. The van der Waals surface area contributed by atoms with Crippen molar-refractivity contribution in [1.82, 2.24) is 15.0 Å². The molecule has 21 heavy (non-hydrogen) atoms. The number of aromatic nitrogens is 3. The summed E-state index contributed by atoms with van der Waals surface area (Å²) in [5, 5.41) is 3.32. The number of hydrogen-bond donors (Lipinski definition) is 1. The third-order valence-corrected chi connectivity index (χ3v) is 3.20. The summed E-state index contributed by atoms with van der Waals surface area (Å²) in [6.45, 7) is 8.98. The maximum Gasteiger partial charge on any atom is 0.142 e. The molecule has 0 spiro atoms. The standard InChI is InChI=1S/C16H21FN4/c1-5-6-19-16-11(4)14(20-15(21-16)10(2)3)12-7-13(17)9-18-8-12/h7-10H,5-6H2,1-4H3,(H,19,20,21). The number of rotatable bonds is 5. The average molecular weight is 288 g/mol. The van der Waals surface area contributed by atoms with Crippen LogP contribution in [-0.2, 0) is 0 Å². The first kappa shape index (κ1) is 15.4. The molecule has 0 saturated carbocycles. The first-order chi connectivity index (χ1) is 10.0. The second-order valence-corrected chi connectivity index (χ2v) is 5.38. The number of pyridine rings is 1. The maximum absolute atomic E-state index is 13.4. The van der Waals surface area contributed by atoms with Crippen LogP contribution in [0, 0.1) is 12.7 Å². The van der Waals surface area contributed by atoms with Gasteiger partial charge in [-0.05, 0) is 19.4 Å². The van der Waals surface area contributed by atoms with E-state index in [0.29, 0.717) is 5.56 Å². The van der Waals surface area contributed by atoms with Crippen LogP contribution in [0.3, 0.4) is 0 Å². The lowest BCUT2D eigenvalue weighted by Crippen LogP contribution is -2.10. The molecule has 0 fully saturated rings. The molecule has 2 rings (SSSR count). The van der Waals surface area contributed by atoms with Crippen LogP contribution >= 0.6 is 0 Å². The number of hydrogen-bond acceptors (Lipinski definition) is 4. The Morgan fingerprint density at radius 1 is 1.24 bits per heavy atom. The van der Waals surface area contributed by atoms with Crippen LogP contribution < -0.4 is 5.32 Å². The van der Waals surface area contributed by atoms with Gasteiger partial charge < -0.3 is 5.32 Å². The second-order valence-electron chi connectivity index (χ2n) is 5.38. The molecule has 5 heteroatoms. The van der Waals surface area contributed by atoms with Crippen LogP contribution in [0.2, 0.25) is 0 Å². The van der Waals surface area contributed by atoms with Gasteiger partial charge in [0.2, 0.25) is 0 Å². The van der Waals surface area contributed by atoms with Crippen LogP contribution in [0.15, 0.2) is 18.5 Å². The quantitative estimate of drug-likeness (QED) is 0.905. The van der Waals surface area contributed by atoms with Gasteiger partial charge in [0.15, 0.2) is 0 Å². The van der Waals surface area contributed by atoms with Gasteiger partial charge in [-0.25, -0.2) is 14.4 Å². The molecular formula is C16H21FN4. The van der Waals surface area contributed by atoms with Gasteiger partial charge in [-0.15, -0.1) is 0 Å². The van der Waals surface area contributed by atoms with Gasteiger partial charge in [-0.1, -0.05) is 20.8 Å². The highest BCUT2D eigenvalue weighted by Gasteiger charge is 2.15. The molecule has 2 aromatic heterocycles. The molecule has 0 unspecified atom stereocenters. The lowest BCUT2D eigenvalue weighted by atomic mass is 10.1. The van der Waals surface area contributed by atoms with Gasteiger partial charge in [0.05, 0.1) is 11.9 Å². The number of halogens is 1. The summed E-state index contributed by atoms with van der Waals surface area (Å²) in [6, 6.07) is 1.45. The second kappa shape index (κ2) is 6.61. The van der Waals surface area contributed by atoms with Crippen molar-refractivity contribution < 1.29 is 4.39 Å². The third-order valence-electron chi connectivity index (χ3n) is 3.20. The van der Waals surface area contributed by atoms with E-state index in [0.717, 1.165) is 35.9 Å². The molecule has 0 aliphatic carbocycles. The van der Waals surface area contributed by atoms with Gasteiger partial charge in [-0.2, -0.15) is 0 Å². The van der Waals surface area contributed by atoms with Crippen molar-refractivity contribution in [1.29, 1.82) is 0 Å². The van der Waals surface area contributed by atoms with Crippen LogP contribution in [0.25, 0.3) is 11.3 Å². The van der Waals surface area contributed by atoms with Gasteiger partial charge in [0, 0.05) is 29.8 Å². The average Bonchev–Trinajstić information content (AvgIpc) is 2.46. The largest absolute Gasteiger partial charge is 0.370 e. The van der Waals surface area contributed by atoms with Gasteiger partial charge in [0.1, 0.15) is 17.5 Å². The molecule has 4 nitrogen and oxygen atoms in total. The normalized spacial score (nSPS) is 11.0. The van der Waals surface area contributed by atoms with Crippen molar-refractivity contribution in [3.8, 4) is 11.3 Å². The van der Waals surface area contributed by atoms with E-state index < -0.39 is 0 Å². The van der Waals surface area contributed by atoms with Crippen molar-refractivity contribution in [2.45, 2.75) is 40.0 Å². The third kappa shape index (κ3) is 3.54. The summed E-state index contributed by atoms with van der Waals surface area (Å²) in [5.41, 5.74) is 2.33. The van der Waals surface area contributed by atoms with Crippen molar-refractivity contribution in [2.75, 3.05) is 11.9 Å². The minimum Gasteiger partial charge on any atom is -0.370 e. The molecule has 112 valence electrons. The highest BCUT2D eigenvalue weighted by Crippen LogP contribution is 2.27. The summed E-state index contributed by atoms with van der Waals surface area (Å²) in [5.74, 6) is 1.40. The van der Waals surface area contributed by atoms with E-state index in [1.165, 1.54) is 12.3 Å². The molecule has 0 radical (unpaired) electrons. The van der Waals surface area contributed by atoms with Crippen molar-refractivity contribution in [3.05, 3.63) is 35.7 Å². The van der Waals surface area contributed by atoms with E-state index in [9.17, 15) is 4.39 Å². The first-order valence-corrected chi connectivity index (χ1v) is 7.26. The Hall–Kier alpha value is -2.04. The molecule has 1 N–H and O–H groups in total. The van der Waals surface area contributed by atoms with E-state index >= 15 is 0 Å². The first-order valence-electron chi connectivity index (χ1n) is 7.26. The zero-order valence-corrected chi connectivity index (χ0v) is 12.9. The highest BCUT2D eigenvalue weighted by atomic mass is 19.1. The van der Waals surface area contributed by atoms with Gasteiger partial charge >= 0.3 is 0 Å². The molecule has 0 aromatic carbocycles. The SMILES string of the molecule is CCCNc1nc(C(C)C)nc(-c2cncc(F)c2)c1C. The smallest absolute Gasteiger partial charge is 0.142 e. The maximum atomic E-state index is 13.4. The fourth-order valence-electron chi connectivity index (χ4n) is 2.03. The lowest BCUT2D eigenvalue weighted by molar-refractivity contribution is 0.622. The van der Waals surface area contributed by atoms with E-state index in [1.807, 2.05) is 20.8 Å². The fraction of sp³-hybridized carbons (Fsp3) is 0.438. The highest BCUT2D eigenvalue weighted by molar-refractivity contribution is 5.67. The minimum absolute atomic E-state index is 0.202. The van der Waals surface area contributed by atoms with Crippen molar-refractivity contribution >= 4 is 5.82 Å². The van der Waals surface area contributed by atoms with Crippen LogP contribution in [0.1, 0.15) is 44.5 Å². The topological polar surface area (TPSA) is 50.7 Å². The molecule has 0 aliphatic rings. The lowest BCUT2D eigenvalue weighted by Gasteiger charge is -2.15. The van der Waals surface area contributed by atoms with E-state index in [1.54, 1.807) is 6.20 Å². The molecule has 2 aromatic rings.